The van der Waals surface area contributed by atoms with Crippen molar-refractivity contribution in [2.75, 3.05) is 0 Å². The zero-order valence-electron chi connectivity index (χ0n) is 12.0. The van der Waals surface area contributed by atoms with Gasteiger partial charge in [0, 0.05) is 24.2 Å². The van der Waals surface area contributed by atoms with E-state index in [2.05, 4.69) is 10.6 Å². The zero-order valence-corrected chi connectivity index (χ0v) is 12.0. The molecule has 0 radical (unpaired) electrons. The van der Waals surface area contributed by atoms with Crippen LogP contribution in [0.4, 0.5) is 0 Å². The van der Waals surface area contributed by atoms with Crippen LogP contribution in [0, 0.1) is 0 Å². The molecule has 2 amide bonds. The van der Waals surface area contributed by atoms with Crippen LogP contribution < -0.4 is 10.6 Å². The molecule has 0 saturated carbocycles. The molecule has 2 aromatic carbocycles. The van der Waals surface area contributed by atoms with Gasteiger partial charge in [0.25, 0.3) is 11.8 Å². The van der Waals surface area contributed by atoms with Crippen molar-refractivity contribution in [1.29, 1.82) is 0 Å². The van der Waals surface area contributed by atoms with E-state index in [1.807, 2.05) is 55.3 Å². The van der Waals surface area contributed by atoms with Crippen molar-refractivity contribution in [2.24, 2.45) is 0 Å². The molecule has 0 aromatic heterocycles. The van der Waals surface area contributed by atoms with E-state index in [1.165, 1.54) is 0 Å². The maximum atomic E-state index is 11.0. The summed E-state index contributed by atoms with van der Waals surface area (Å²) in [6.45, 7) is 3.38. The number of carbonyl (C=O) groups is 3. The first kappa shape index (κ1) is 15.4. The molecule has 22 heavy (non-hydrogen) atoms. The Morgan fingerprint density at radius 1 is 0.682 bits per heavy atom. The van der Waals surface area contributed by atoms with E-state index in [-0.39, 0.29) is 11.8 Å². The third-order valence-electron chi connectivity index (χ3n) is 3.40. The number of fused-ring (bicyclic) bond motifs is 2. The van der Waals surface area contributed by atoms with Gasteiger partial charge in [0.2, 0.25) is 0 Å². The molecule has 0 atom stereocenters. The van der Waals surface area contributed by atoms with E-state index in [0.29, 0.717) is 13.1 Å². The normalized spacial score (nSPS) is 13.5. The maximum Gasteiger partial charge on any atom is 0.251 e. The molecule has 0 saturated heterocycles. The minimum absolute atomic E-state index is 0.0515. The average Bonchev–Trinajstić information content (AvgIpc) is 3.15. The van der Waals surface area contributed by atoms with Gasteiger partial charge in [-0.05, 0) is 23.3 Å². The second-order valence-electron chi connectivity index (χ2n) is 4.68. The molecule has 112 valence electrons. The van der Waals surface area contributed by atoms with Crippen LogP contribution in [0.3, 0.4) is 0 Å². The lowest BCUT2D eigenvalue weighted by Gasteiger charge is -1.89. The Hall–Kier alpha value is -2.95. The fraction of sp³-hybridized carbons (Fsp3) is 0.118. The van der Waals surface area contributed by atoms with E-state index in [1.54, 1.807) is 0 Å². The third kappa shape index (κ3) is 3.20. The highest BCUT2D eigenvalue weighted by Gasteiger charge is 2.17. The van der Waals surface area contributed by atoms with Crippen LogP contribution in [-0.2, 0) is 17.9 Å². The molecule has 5 heteroatoms. The number of hydrogen-bond acceptors (Lipinski definition) is 3. The van der Waals surface area contributed by atoms with Gasteiger partial charge in [-0.25, -0.2) is 0 Å². The van der Waals surface area contributed by atoms with E-state index < -0.39 is 0 Å². The van der Waals surface area contributed by atoms with Crippen molar-refractivity contribution >= 4 is 18.6 Å². The van der Waals surface area contributed by atoms with Crippen LogP contribution >= 0.6 is 0 Å². The third-order valence-corrected chi connectivity index (χ3v) is 3.40. The SMILES string of the molecule is C=O.O=C1NCc2ccccc21.O=C1NCc2ccccc21. The summed E-state index contributed by atoms with van der Waals surface area (Å²) in [4.78, 5) is 29.9. The first-order valence-corrected chi connectivity index (χ1v) is 6.77. The molecule has 2 heterocycles. The summed E-state index contributed by atoms with van der Waals surface area (Å²) in [5.41, 5.74) is 3.85. The van der Waals surface area contributed by atoms with E-state index in [9.17, 15) is 9.59 Å². The van der Waals surface area contributed by atoms with Gasteiger partial charge in [-0.1, -0.05) is 36.4 Å². The number of hydrogen-bond donors (Lipinski definition) is 2. The summed E-state index contributed by atoms with van der Waals surface area (Å²) < 4.78 is 0. The minimum atomic E-state index is 0.0515. The van der Waals surface area contributed by atoms with Crippen LogP contribution in [0.25, 0.3) is 0 Å². The van der Waals surface area contributed by atoms with Crippen molar-refractivity contribution in [3.05, 3.63) is 70.8 Å². The van der Waals surface area contributed by atoms with Crippen molar-refractivity contribution in [3.8, 4) is 0 Å². The number of carbonyl (C=O) groups excluding carboxylic acids is 3. The van der Waals surface area contributed by atoms with Gasteiger partial charge >= 0.3 is 0 Å². The molecule has 0 bridgehead atoms. The Morgan fingerprint density at radius 3 is 1.41 bits per heavy atom. The molecular formula is C17H16N2O3. The molecule has 0 unspecified atom stereocenters. The zero-order chi connectivity index (χ0) is 15.9. The lowest BCUT2D eigenvalue weighted by Crippen LogP contribution is -2.12. The number of amides is 2. The smallest absolute Gasteiger partial charge is 0.251 e. The van der Waals surface area contributed by atoms with Crippen LogP contribution in [0.1, 0.15) is 31.8 Å². The summed E-state index contributed by atoms with van der Waals surface area (Å²) >= 11 is 0. The monoisotopic (exact) mass is 296 g/mol. The second-order valence-corrected chi connectivity index (χ2v) is 4.68. The fourth-order valence-electron chi connectivity index (χ4n) is 2.33. The van der Waals surface area contributed by atoms with Gasteiger partial charge in [0.15, 0.2) is 0 Å². The molecule has 4 rings (SSSR count). The molecule has 2 aliphatic heterocycles. The molecule has 2 aromatic rings. The number of benzene rings is 2. The van der Waals surface area contributed by atoms with E-state index >= 15 is 0 Å². The van der Waals surface area contributed by atoms with Crippen LogP contribution in [-0.4, -0.2) is 18.6 Å². The highest BCUT2D eigenvalue weighted by atomic mass is 16.2. The van der Waals surface area contributed by atoms with Gasteiger partial charge in [-0.15, -0.1) is 0 Å². The van der Waals surface area contributed by atoms with Gasteiger partial charge < -0.3 is 15.4 Å². The largest absolute Gasteiger partial charge is 0.348 e. The molecule has 0 aliphatic carbocycles. The standard InChI is InChI=1S/2C8H7NO.CH2O/c2*10-8-7-4-2-1-3-6(7)5-9-8;1-2/h2*1-4H,5H2,(H,9,10);1H2. The quantitative estimate of drug-likeness (QED) is 0.776. The minimum Gasteiger partial charge on any atom is -0.348 e. The van der Waals surface area contributed by atoms with E-state index in [4.69, 9.17) is 4.79 Å². The molecule has 0 spiro atoms. The molecular weight excluding hydrogens is 280 g/mol. The topological polar surface area (TPSA) is 75.3 Å². The Labute approximate surface area is 128 Å². The lowest BCUT2D eigenvalue weighted by atomic mass is 10.1. The predicted molar refractivity (Wildman–Crippen MR) is 82.3 cm³/mol. The first-order chi connectivity index (χ1) is 10.8. The molecule has 2 aliphatic rings. The summed E-state index contributed by atoms with van der Waals surface area (Å²) in [6.07, 6.45) is 0. The van der Waals surface area contributed by atoms with Gasteiger partial charge in [-0.3, -0.25) is 9.59 Å². The molecule has 5 nitrogen and oxygen atoms in total. The maximum absolute atomic E-state index is 11.0. The van der Waals surface area contributed by atoms with Crippen LogP contribution in [0.5, 0.6) is 0 Å². The summed E-state index contributed by atoms with van der Waals surface area (Å²) in [5, 5.41) is 5.49. The highest BCUT2D eigenvalue weighted by molar-refractivity contribution is 5.98. The Bertz CT molecular complexity index is 638. The first-order valence-electron chi connectivity index (χ1n) is 6.77. The van der Waals surface area contributed by atoms with Gasteiger partial charge in [-0.2, -0.15) is 0 Å². The van der Waals surface area contributed by atoms with Crippen molar-refractivity contribution < 1.29 is 14.4 Å². The van der Waals surface area contributed by atoms with Gasteiger partial charge in [0.05, 0.1) is 0 Å². The summed E-state index contributed by atoms with van der Waals surface area (Å²) in [5.74, 6) is 0.103. The predicted octanol–water partition coefficient (Wildman–Crippen LogP) is 1.68. The Morgan fingerprint density at radius 2 is 1.05 bits per heavy atom. The van der Waals surface area contributed by atoms with E-state index in [0.717, 1.165) is 22.3 Å². The van der Waals surface area contributed by atoms with Crippen molar-refractivity contribution in [2.45, 2.75) is 13.1 Å². The van der Waals surface area contributed by atoms with Crippen molar-refractivity contribution in [3.63, 3.8) is 0 Å². The van der Waals surface area contributed by atoms with Crippen molar-refractivity contribution in [1.82, 2.24) is 10.6 Å². The fourth-order valence-corrected chi connectivity index (χ4v) is 2.33. The molecule has 2 N–H and O–H groups in total. The Balaban J connectivity index is 0.000000144. The van der Waals surface area contributed by atoms with Gasteiger partial charge in [0.1, 0.15) is 6.79 Å². The highest BCUT2D eigenvalue weighted by Crippen LogP contribution is 2.14. The second kappa shape index (κ2) is 7.17. The average molecular weight is 296 g/mol. The lowest BCUT2D eigenvalue weighted by molar-refractivity contribution is -0.0980. The summed E-state index contributed by atoms with van der Waals surface area (Å²) in [6, 6.07) is 15.3. The molecule has 0 fully saturated rings. The number of rotatable bonds is 0. The Kier molecular flexibility index (Phi) is 5.03. The van der Waals surface area contributed by atoms with Crippen LogP contribution in [0.2, 0.25) is 0 Å². The number of nitrogens with one attached hydrogen (secondary N) is 2. The summed E-state index contributed by atoms with van der Waals surface area (Å²) in [7, 11) is 0. The van der Waals surface area contributed by atoms with Crippen LogP contribution in [0.15, 0.2) is 48.5 Å².